The molecule has 0 saturated carbocycles. The number of hydrogen-bond donors (Lipinski definition) is 1. The summed E-state index contributed by atoms with van der Waals surface area (Å²) in [5, 5.41) is 3.32. The van der Waals surface area contributed by atoms with Crippen molar-refractivity contribution in [2.75, 3.05) is 24.5 Å². The first-order valence-electron chi connectivity index (χ1n) is 12.2. The summed E-state index contributed by atoms with van der Waals surface area (Å²) in [4.78, 5) is 28.3. The molecule has 3 rings (SSSR count). The van der Waals surface area contributed by atoms with Crippen molar-refractivity contribution in [3.05, 3.63) is 89.4 Å². The average molecular weight is 558 g/mol. The van der Waals surface area contributed by atoms with E-state index >= 15 is 0 Å². The molecule has 0 spiro atoms. The van der Waals surface area contributed by atoms with Crippen molar-refractivity contribution in [2.45, 2.75) is 37.8 Å². The predicted octanol–water partition coefficient (Wildman–Crippen LogP) is 4.49. The maximum atomic E-state index is 13.9. The molecule has 8 nitrogen and oxygen atoms in total. The number of methoxy groups -OCH3 is 1. The van der Waals surface area contributed by atoms with Gasteiger partial charge in [-0.25, -0.2) is 8.42 Å². The molecule has 3 aromatic rings. The average Bonchev–Trinajstić information content (AvgIpc) is 2.93. The topological polar surface area (TPSA) is 96.0 Å². The Labute approximate surface area is 229 Å². The monoisotopic (exact) mass is 557 g/mol. The normalized spacial score (nSPS) is 11.9. The molecule has 0 aliphatic rings. The van der Waals surface area contributed by atoms with E-state index < -0.39 is 28.5 Å². The fourth-order valence-electron chi connectivity index (χ4n) is 3.99. The lowest BCUT2D eigenvalue weighted by Gasteiger charge is -2.33. The molecule has 0 aliphatic carbocycles. The zero-order valence-electron chi connectivity index (χ0n) is 21.6. The number of likely N-dealkylation sites (N-methyl/N-ethyl adjacent to an activating group) is 1. The van der Waals surface area contributed by atoms with Crippen LogP contribution in [0.3, 0.4) is 0 Å². The van der Waals surface area contributed by atoms with E-state index in [1.54, 1.807) is 73.7 Å². The number of ether oxygens (including phenoxy) is 1. The van der Waals surface area contributed by atoms with E-state index in [9.17, 15) is 18.0 Å². The maximum Gasteiger partial charge on any atom is 0.264 e. The van der Waals surface area contributed by atoms with Gasteiger partial charge in [-0.1, -0.05) is 48.9 Å². The number of nitrogens with one attached hydrogen (secondary N) is 1. The number of carbonyl (C=O) groups is 2. The molecule has 10 heteroatoms. The van der Waals surface area contributed by atoms with Crippen molar-refractivity contribution in [3.63, 3.8) is 0 Å². The molecule has 38 heavy (non-hydrogen) atoms. The summed E-state index contributed by atoms with van der Waals surface area (Å²) in [6, 6.07) is 20.5. The maximum absolute atomic E-state index is 13.9. The third kappa shape index (κ3) is 7.05. The predicted molar refractivity (Wildman–Crippen MR) is 149 cm³/mol. The molecule has 0 fully saturated rings. The van der Waals surface area contributed by atoms with Gasteiger partial charge >= 0.3 is 0 Å². The van der Waals surface area contributed by atoms with Gasteiger partial charge in [0.25, 0.3) is 10.0 Å². The molecule has 0 aromatic heterocycles. The first-order valence-corrected chi connectivity index (χ1v) is 14.1. The van der Waals surface area contributed by atoms with Crippen molar-refractivity contribution in [1.29, 1.82) is 0 Å². The van der Waals surface area contributed by atoms with Crippen LogP contribution in [0.2, 0.25) is 5.02 Å². The minimum absolute atomic E-state index is 0.0450. The molecule has 0 unspecified atom stereocenters. The Bertz CT molecular complexity index is 1320. The summed E-state index contributed by atoms with van der Waals surface area (Å²) < 4.78 is 33.8. The van der Waals surface area contributed by atoms with Crippen LogP contribution in [-0.2, 0) is 26.2 Å². The van der Waals surface area contributed by atoms with Crippen LogP contribution in [0, 0.1) is 0 Å². The summed E-state index contributed by atoms with van der Waals surface area (Å²) in [6.07, 6.45) is 0.346. The second-order valence-electron chi connectivity index (χ2n) is 8.49. The number of amides is 2. The Morgan fingerprint density at radius 2 is 1.58 bits per heavy atom. The molecule has 0 bridgehead atoms. The first kappa shape index (κ1) is 29.0. The molecule has 2 amide bonds. The molecule has 1 atom stereocenters. The summed E-state index contributed by atoms with van der Waals surface area (Å²) in [7, 11) is -2.60. The molecule has 0 radical (unpaired) electrons. The van der Waals surface area contributed by atoms with Crippen LogP contribution in [0.15, 0.2) is 83.8 Å². The lowest BCUT2D eigenvalue weighted by Crippen LogP contribution is -2.52. The number of benzene rings is 3. The highest BCUT2D eigenvalue weighted by molar-refractivity contribution is 7.92. The van der Waals surface area contributed by atoms with E-state index in [0.29, 0.717) is 29.4 Å². The van der Waals surface area contributed by atoms with Crippen LogP contribution in [0.1, 0.15) is 25.8 Å². The third-order valence-electron chi connectivity index (χ3n) is 5.97. The fraction of sp³-hybridized carbons (Fsp3) is 0.286. The Morgan fingerprint density at radius 3 is 2.13 bits per heavy atom. The van der Waals surface area contributed by atoms with Crippen LogP contribution in [0.25, 0.3) is 0 Å². The van der Waals surface area contributed by atoms with E-state index in [0.717, 1.165) is 9.87 Å². The smallest absolute Gasteiger partial charge is 0.264 e. The van der Waals surface area contributed by atoms with Gasteiger partial charge in [0.15, 0.2) is 0 Å². The lowest BCUT2D eigenvalue weighted by atomic mass is 10.1. The van der Waals surface area contributed by atoms with E-state index in [-0.39, 0.29) is 17.3 Å². The highest BCUT2D eigenvalue weighted by atomic mass is 35.5. The largest absolute Gasteiger partial charge is 0.497 e. The van der Waals surface area contributed by atoms with Gasteiger partial charge < -0.3 is 15.0 Å². The second kappa shape index (κ2) is 13.3. The van der Waals surface area contributed by atoms with E-state index in [4.69, 9.17) is 16.3 Å². The highest BCUT2D eigenvalue weighted by Crippen LogP contribution is 2.26. The van der Waals surface area contributed by atoms with Crippen molar-refractivity contribution >= 4 is 39.1 Å². The van der Waals surface area contributed by atoms with Crippen molar-refractivity contribution in [1.82, 2.24) is 10.2 Å². The van der Waals surface area contributed by atoms with Gasteiger partial charge in [0.1, 0.15) is 18.3 Å². The molecule has 0 aliphatic heterocycles. The first-order chi connectivity index (χ1) is 18.2. The van der Waals surface area contributed by atoms with Gasteiger partial charge in [-0.05, 0) is 67.4 Å². The van der Waals surface area contributed by atoms with Gasteiger partial charge in [0, 0.05) is 18.1 Å². The minimum atomic E-state index is -4.12. The molecule has 3 aromatic carbocycles. The van der Waals surface area contributed by atoms with Crippen molar-refractivity contribution < 1.29 is 22.7 Å². The summed E-state index contributed by atoms with van der Waals surface area (Å²) >= 11 is 6.03. The quantitative estimate of drug-likeness (QED) is 0.354. The molecular weight excluding hydrogens is 526 g/mol. The number of rotatable bonds is 12. The van der Waals surface area contributed by atoms with Crippen LogP contribution >= 0.6 is 11.6 Å². The SMILES string of the molecule is CCNC(=O)[C@H](CC)N(Cc1ccc(Cl)cc1)C(=O)CN(c1ccc(OC)cc1)S(=O)(=O)c1ccccc1. The molecule has 1 N–H and O–H groups in total. The van der Waals surface area contributed by atoms with Gasteiger partial charge in [0.2, 0.25) is 11.8 Å². The number of sulfonamides is 1. The Kier molecular flexibility index (Phi) is 10.2. The third-order valence-corrected chi connectivity index (χ3v) is 8.01. The van der Waals surface area contributed by atoms with Gasteiger partial charge in [-0.3, -0.25) is 13.9 Å². The standard InChI is InChI=1S/C28H32ClN3O5S/c1-4-26(28(34)30-5-2)31(19-21-11-13-22(29)14-12-21)27(33)20-32(23-15-17-24(37-3)18-16-23)38(35,36)25-9-7-6-8-10-25/h6-18,26H,4-5,19-20H2,1-3H3,(H,30,34)/t26-/m0/s1. The number of hydrogen-bond acceptors (Lipinski definition) is 5. The molecular formula is C28H32ClN3O5S. The van der Waals surface area contributed by atoms with Crippen LogP contribution in [0.4, 0.5) is 5.69 Å². The summed E-state index contributed by atoms with van der Waals surface area (Å²) in [6.45, 7) is 3.61. The summed E-state index contributed by atoms with van der Waals surface area (Å²) in [5.74, 6) is -0.281. The van der Waals surface area contributed by atoms with Crippen molar-refractivity contribution in [3.8, 4) is 5.75 Å². The van der Waals surface area contributed by atoms with Crippen LogP contribution in [-0.4, -0.2) is 51.4 Å². The molecule has 0 saturated heterocycles. The lowest BCUT2D eigenvalue weighted by molar-refractivity contribution is -0.140. The number of anilines is 1. The van der Waals surface area contributed by atoms with Crippen molar-refractivity contribution in [2.24, 2.45) is 0 Å². The van der Waals surface area contributed by atoms with Gasteiger partial charge in [-0.15, -0.1) is 0 Å². The zero-order valence-corrected chi connectivity index (χ0v) is 23.2. The van der Waals surface area contributed by atoms with Gasteiger partial charge in [-0.2, -0.15) is 0 Å². The van der Waals surface area contributed by atoms with Gasteiger partial charge in [0.05, 0.1) is 17.7 Å². The second-order valence-corrected chi connectivity index (χ2v) is 10.8. The Hall–Kier alpha value is -3.56. The van der Waals surface area contributed by atoms with Crippen LogP contribution < -0.4 is 14.4 Å². The Morgan fingerprint density at radius 1 is 0.947 bits per heavy atom. The zero-order chi connectivity index (χ0) is 27.7. The van der Waals surface area contributed by atoms with E-state index in [1.807, 2.05) is 6.92 Å². The minimum Gasteiger partial charge on any atom is -0.497 e. The Balaban J connectivity index is 2.04. The van der Waals surface area contributed by atoms with E-state index in [1.165, 1.54) is 24.1 Å². The highest BCUT2D eigenvalue weighted by Gasteiger charge is 2.33. The number of nitrogens with zero attached hydrogens (tertiary/aromatic N) is 2. The molecule has 202 valence electrons. The van der Waals surface area contributed by atoms with Crippen LogP contribution in [0.5, 0.6) is 5.75 Å². The fourth-order valence-corrected chi connectivity index (χ4v) is 5.56. The molecule has 0 heterocycles. The summed E-state index contributed by atoms with van der Waals surface area (Å²) in [5.41, 5.74) is 1.05. The number of carbonyl (C=O) groups excluding carboxylic acids is 2. The number of halogens is 1. The van der Waals surface area contributed by atoms with E-state index in [2.05, 4.69) is 5.32 Å².